The van der Waals surface area contributed by atoms with Crippen LogP contribution < -0.4 is 11.1 Å². The molecule has 4 aromatic rings. The van der Waals surface area contributed by atoms with Crippen molar-refractivity contribution in [3.8, 4) is 10.4 Å². The lowest BCUT2D eigenvalue weighted by atomic mass is 9.96. The largest absolute Gasteiger partial charge is 0.386 e. The summed E-state index contributed by atoms with van der Waals surface area (Å²) in [6.45, 7) is 3.14. The molecule has 0 spiro atoms. The number of nitrogens with zero attached hydrogens (tertiary/aromatic N) is 5. The molecule has 1 amide bonds. The van der Waals surface area contributed by atoms with Gasteiger partial charge in [0.1, 0.15) is 47.7 Å². The Labute approximate surface area is 212 Å². The predicted octanol–water partition coefficient (Wildman–Crippen LogP) is 3.43. The number of halogens is 2. The molecule has 0 aliphatic rings. The van der Waals surface area contributed by atoms with E-state index in [1.807, 2.05) is 18.7 Å². The Morgan fingerprint density at radius 1 is 1.25 bits per heavy atom. The lowest BCUT2D eigenvalue weighted by Crippen LogP contribution is -2.16. The first-order valence-electron chi connectivity index (χ1n) is 10.6. The van der Waals surface area contributed by atoms with Crippen LogP contribution in [0, 0.1) is 11.6 Å². The summed E-state index contributed by atoms with van der Waals surface area (Å²) in [7, 11) is -0.0330. The lowest BCUT2D eigenvalue weighted by molar-refractivity contribution is 0.0778. The number of nitrogens with one attached hydrogen (secondary N) is 1. The first kappa shape index (κ1) is 25.7. The van der Waals surface area contributed by atoms with Gasteiger partial charge in [0, 0.05) is 22.0 Å². The van der Waals surface area contributed by atoms with Crippen LogP contribution in [0.1, 0.15) is 35.6 Å². The standard InChI is InChI=1S/C23H23F2N7O2S2/c1-23(2,34)12-7-14(24)20(15(25)8-12)16-9-13(21(26)33)22(35-16)29-17-5-6-27-18(28-17)10-32-11-19(30-31-32)36(3)4/h5-9,11,34H,10H2,1-4H3,(H2-,26,27,28,29,33)/p+1. The summed E-state index contributed by atoms with van der Waals surface area (Å²) in [5.41, 5.74) is 3.94. The molecule has 3 aromatic heterocycles. The zero-order valence-electron chi connectivity index (χ0n) is 19.9. The minimum Gasteiger partial charge on any atom is -0.386 e. The molecular weight excluding hydrogens is 508 g/mol. The number of hydrogen-bond donors (Lipinski definition) is 3. The maximum absolute atomic E-state index is 14.9. The second kappa shape index (κ2) is 9.91. The van der Waals surface area contributed by atoms with E-state index in [-0.39, 0.29) is 44.0 Å². The molecule has 4 rings (SSSR count). The third-order valence-electron chi connectivity index (χ3n) is 5.18. The SMILES string of the molecule is C[S+](C)c1cn(Cc2nccc(Nc3sc(-c4c(F)cc(C(C)(C)O)cc4F)cc3C(N)=O)n2)nn1. The summed E-state index contributed by atoms with van der Waals surface area (Å²) < 4.78 is 31.4. The van der Waals surface area contributed by atoms with Crippen molar-refractivity contribution < 1.29 is 18.7 Å². The van der Waals surface area contributed by atoms with Crippen LogP contribution in [0.3, 0.4) is 0 Å². The zero-order chi connectivity index (χ0) is 26.2. The van der Waals surface area contributed by atoms with Crippen LogP contribution >= 0.6 is 11.3 Å². The van der Waals surface area contributed by atoms with Crippen LogP contribution in [0.2, 0.25) is 0 Å². The Kier molecular flexibility index (Phi) is 7.07. The molecule has 0 aliphatic heterocycles. The van der Waals surface area contributed by atoms with Gasteiger partial charge in [0.05, 0.1) is 16.7 Å². The van der Waals surface area contributed by atoms with Gasteiger partial charge >= 0.3 is 0 Å². The highest BCUT2D eigenvalue weighted by Crippen LogP contribution is 2.40. The molecule has 1 aromatic carbocycles. The first-order chi connectivity index (χ1) is 16.9. The fourth-order valence-electron chi connectivity index (χ4n) is 3.30. The van der Waals surface area contributed by atoms with Gasteiger partial charge in [-0.1, -0.05) is 10.3 Å². The number of benzene rings is 1. The van der Waals surface area contributed by atoms with Crippen LogP contribution in [0.15, 0.2) is 41.7 Å². The summed E-state index contributed by atoms with van der Waals surface area (Å²) in [6.07, 6.45) is 7.45. The molecule has 0 radical (unpaired) electrons. The van der Waals surface area contributed by atoms with Crippen LogP contribution in [0.5, 0.6) is 0 Å². The summed E-state index contributed by atoms with van der Waals surface area (Å²) in [5, 5.41) is 22.5. The Morgan fingerprint density at radius 3 is 2.53 bits per heavy atom. The highest BCUT2D eigenvalue weighted by molar-refractivity contribution is 7.95. The number of aromatic nitrogens is 5. The highest BCUT2D eigenvalue weighted by Gasteiger charge is 2.24. The number of hydrogen-bond acceptors (Lipinski definition) is 8. The fraction of sp³-hybridized carbons (Fsp3) is 0.261. The smallest absolute Gasteiger partial charge is 0.284 e. The minimum atomic E-state index is -1.42. The molecule has 0 saturated carbocycles. The molecule has 36 heavy (non-hydrogen) atoms. The molecule has 0 fully saturated rings. The van der Waals surface area contributed by atoms with Gasteiger partial charge in [-0.3, -0.25) is 4.79 Å². The van der Waals surface area contributed by atoms with Crippen LogP contribution in [0.25, 0.3) is 10.4 Å². The molecule has 3 heterocycles. The second-order valence-corrected chi connectivity index (χ2v) is 11.7. The van der Waals surface area contributed by atoms with Gasteiger partial charge in [-0.05, 0) is 43.7 Å². The maximum atomic E-state index is 14.9. The normalized spacial score (nSPS) is 11.8. The molecular formula is C23H24F2N7O2S2+. The fourth-order valence-corrected chi connectivity index (χ4v) is 4.95. The van der Waals surface area contributed by atoms with Gasteiger partial charge < -0.3 is 16.2 Å². The van der Waals surface area contributed by atoms with E-state index in [0.717, 1.165) is 28.5 Å². The van der Waals surface area contributed by atoms with E-state index in [9.17, 15) is 18.7 Å². The van der Waals surface area contributed by atoms with E-state index >= 15 is 0 Å². The molecule has 0 saturated heterocycles. The minimum absolute atomic E-state index is 0.0330. The van der Waals surface area contributed by atoms with Gasteiger partial charge in [-0.25, -0.2) is 23.4 Å². The van der Waals surface area contributed by atoms with Crippen molar-refractivity contribution in [2.75, 3.05) is 17.8 Å². The summed E-state index contributed by atoms with van der Waals surface area (Å²) in [5.74, 6) is -1.70. The van der Waals surface area contributed by atoms with E-state index in [1.54, 1.807) is 16.9 Å². The number of carbonyl (C=O) groups is 1. The van der Waals surface area contributed by atoms with Crippen LogP contribution in [-0.2, 0) is 23.0 Å². The number of thiophene rings is 1. The number of amides is 1. The van der Waals surface area contributed by atoms with Gasteiger partial charge in [0.15, 0.2) is 5.82 Å². The Bertz CT molecular complexity index is 1410. The Hall–Kier alpha value is -3.42. The third kappa shape index (κ3) is 5.53. The molecule has 13 heteroatoms. The van der Waals surface area contributed by atoms with Gasteiger partial charge in [0.25, 0.3) is 10.9 Å². The van der Waals surface area contributed by atoms with Gasteiger partial charge in [0.2, 0.25) is 0 Å². The number of anilines is 2. The summed E-state index contributed by atoms with van der Waals surface area (Å²) in [4.78, 5) is 20.9. The number of carbonyl (C=O) groups excluding carboxylic acids is 1. The highest BCUT2D eigenvalue weighted by atomic mass is 32.2. The molecule has 9 nitrogen and oxygen atoms in total. The molecule has 0 unspecified atom stereocenters. The second-order valence-electron chi connectivity index (χ2n) is 8.65. The summed E-state index contributed by atoms with van der Waals surface area (Å²) >= 11 is 0.952. The van der Waals surface area contributed by atoms with Crippen molar-refractivity contribution in [2.45, 2.75) is 31.0 Å². The van der Waals surface area contributed by atoms with E-state index in [1.165, 1.54) is 19.9 Å². The maximum Gasteiger partial charge on any atom is 0.284 e. The molecule has 4 N–H and O–H groups in total. The molecule has 188 valence electrons. The van der Waals surface area contributed by atoms with Crippen molar-refractivity contribution in [2.24, 2.45) is 5.73 Å². The monoisotopic (exact) mass is 532 g/mol. The van der Waals surface area contributed by atoms with Crippen molar-refractivity contribution in [1.29, 1.82) is 0 Å². The first-order valence-corrected chi connectivity index (χ1v) is 13.5. The molecule has 0 bridgehead atoms. The van der Waals surface area contributed by atoms with Crippen LogP contribution in [0.4, 0.5) is 19.6 Å². The average molecular weight is 533 g/mol. The van der Waals surface area contributed by atoms with Gasteiger partial charge in [-0.2, -0.15) is 0 Å². The average Bonchev–Trinajstić information content (AvgIpc) is 3.40. The quantitative estimate of drug-likeness (QED) is 0.296. The van der Waals surface area contributed by atoms with Crippen LogP contribution in [-0.4, -0.2) is 48.5 Å². The topological polar surface area (TPSA) is 132 Å². The zero-order valence-corrected chi connectivity index (χ0v) is 21.5. The molecule has 0 atom stereocenters. The molecule has 0 aliphatic carbocycles. The van der Waals surface area contributed by atoms with Crippen molar-refractivity contribution in [1.82, 2.24) is 25.0 Å². The summed E-state index contributed by atoms with van der Waals surface area (Å²) in [6, 6.07) is 5.06. The number of primary amides is 1. The number of nitrogens with two attached hydrogens (primary N) is 1. The number of aliphatic hydroxyl groups is 1. The Balaban J connectivity index is 1.64. The van der Waals surface area contributed by atoms with Crippen molar-refractivity contribution in [3.05, 3.63) is 65.2 Å². The van der Waals surface area contributed by atoms with Gasteiger partial charge in [-0.15, -0.1) is 11.3 Å². The van der Waals surface area contributed by atoms with Crippen molar-refractivity contribution >= 4 is 39.0 Å². The van der Waals surface area contributed by atoms with E-state index in [4.69, 9.17) is 5.73 Å². The third-order valence-corrected chi connectivity index (χ3v) is 7.27. The number of rotatable bonds is 8. The predicted molar refractivity (Wildman–Crippen MR) is 135 cm³/mol. The lowest BCUT2D eigenvalue weighted by Gasteiger charge is -2.18. The van der Waals surface area contributed by atoms with E-state index in [2.05, 4.69) is 25.6 Å². The van der Waals surface area contributed by atoms with E-state index in [0.29, 0.717) is 11.6 Å². The van der Waals surface area contributed by atoms with E-state index < -0.39 is 23.1 Å². The Morgan fingerprint density at radius 2 is 1.94 bits per heavy atom. The van der Waals surface area contributed by atoms with Crippen molar-refractivity contribution in [3.63, 3.8) is 0 Å².